The van der Waals surface area contributed by atoms with Crippen LogP contribution < -0.4 is 11.1 Å². The van der Waals surface area contributed by atoms with Crippen LogP contribution in [0.1, 0.15) is 19.7 Å². The lowest BCUT2D eigenvalue weighted by atomic mass is 9.93. The van der Waals surface area contributed by atoms with Gasteiger partial charge in [-0.3, -0.25) is 9.51 Å². The number of H-pyrrole nitrogens is 1. The maximum Gasteiger partial charge on any atom is 0.438 e. The number of hydrogen-bond acceptors (Lipinski definition) is 4. The summed E-state index contributed by atoms with van der Waals surface area (Å²) in [6.07, 6.45) is -1.12. The molecule has 0 unspecified atom stereocenters. The van der Waals surface area contributed by atoms with Gasteiger partial charge in [-0.15, -0.1) is 0 Å². The van der Waals surface area contributed by atoms with Gasteiger partial charge in [-0.2, -0.15) is 0 Å². The van der Waals surface area contributed by atoms with E-state index in [0.717, 1.165) is 0 Å². The monoisotopic (exact) mass is 201 g/mol. The summed E-state index contributed by atoms with van der Waals surface area (Å²) in [5, 5.41) is 14.1. The number of carboxylic acid groups (broad SMARTS) is 1. The standard InChI is InChI=1S/C7H11N3O4/c1-7(2,3-8-5(11)12)4-9-6(13)14-10-4/h8H,3H2,1-2H3,(H,11,12)(H,9,10,13). The summed E-state index contributed by atoms with van der Waals surface area (Å²) >= 11 is 0. The van der Waals surface area contributed by atoms with Crippen molar-refractivity contribution >= 4 is 6.09 Å². The first-order valence-corrected chi connectivity index (χ1v) is 3.95. The summed E-state index contributed by atoms with van der Waals surface area (Å²) in [5.41, 5.74) is -0.607. The van der Waals surface area contributed by atoms with E-state index in [1.807, 2.05) is 0 Å². The molecule has 0 aliphatic heterocycles. The van der Waals surface area contributed by atoms with Gasteiger partial charge in [0.2, 0.25) is 0 Å². The van der Waals surface area contributed by atoms with Crippen LogP contribution in [0.2, 0.25) is 0 Å². The highest BCUT2D eigenvalue weighted by Crippen LogP contribution is 2.16. The molecule has 0 aliphatic carbocycles. The minimum atomic E-state index is -1.12. The van der Waals surface area contributed by atoms with E-state index in [-0.39, 0.29) is 6.54 Å². The Morgan fingerprint density at radius 1 is 1.71 bits per heavy atom. The Hall–Kier alpha value is -1.79. The van der Waals surface area contributed by atoms with Gasteiger partial charge in [0.15, 0.2) is 5.82 Å². The largest absolute Gasteiger partial charge is 0.465 e. The molecule has 1 aromatic rings. The molecule has 0 atom stereocenters. The zero-order valence-corrected chi connectivity index (χ0v) is 7.83. The van der Waals surface area contributed by atoms with Crippen molar-refractivity contribution in [3.05, 3.63) is 16.4 Å². The molecular weight excluding hydrogens is 190 g/mol. The number of aromatic nitrogens is 2. The first kappa shape index (κ1) is 10.3. The van der Waals surface area contributed by atoms with E-state index < -0.39 is 17.3 Å². The fourth-order valence-electron chi connectivity index (χ4n) is 0.902. The van der Waals surface area contributed by atoms with E-state index >= 15 is 0 Å². The fraction of sp³-hybridized carbons (Fsp3) is 0.571. The van der Waals surface area contributed by atoms with E-state index in [4.69, 9.17) is 5.11 Å². The number of amides is 1. The summed E-state index contributed by atoms with van der Waals surface area (Å²) < 4.78 is 4.32. The smallest absolute Gasteiger partial charge is 0.438 e. The van der Waals surface area contributed by atoms with Crippen LogP contribution in [-0.2, 0) is 5.41 Å². The van der Waals surface area contributed by atoms with Crippen LogP contribution in [0, 0.1) is 0 Å². The molecule has 7 heteroatoms. The average molecular weight is 201 g/mol. The van der Waals surface area contributed by atoms with Crippen molar-refractivity contribution in [3.8, 4) is 0 Å². The van der Waals surface area contributed by atoms with E-state index in [1.54, 1.807) is 13.8 Å². The Balaban J connectivity index is 2.74. The lowest BCUT2D eigenvalue weighted by Crippen LogP contribution is -2.36. The molecule has 1 heterocycles. The second-order valence-electron chi connectivity index (χ2n) is 3.49. The molecule has 1 amide bonds. The lowest BCUT2D eigenvalue weighted by Gasteiger charge is -2.19. The van der Waals surface area contributed by atoms with Gasteiger partial charge in [-0.1, -0.05) is 19.0 Å². The van der Waals surface area contributed by atoms with Gasteiger partial charge in [0.1, 0.15) is 0 Å². The molecule has 0 aliphatic rings. The molecule has 0 saturated heterocycles. The second-order valence-corrected chi connectivity index (χ2v) is 3.49. The molecule has 0 fully saturated rings. The van der Waals surface area contributed by atoms with Crippen molar-refractivity contribution in [3.63, 3.8) is 0 Å². The number of rotatable bonds is 3. The Labute approximate surface area is 79.1 Å². The topological polar surface area (TPSA) is 108 Å². The summed E-state index contributed by atoms with van der Waals surface area (Å²) in [6.45, 7) is 3.61. The zero-order chi connectivity index (χ0) is 10.8. The third-order valence-corrected chi connectivity index (χ3v) is 1.76. The van der Waals surface area contributed by atoms with Crippen molar-refractivity contribution in [2.24, 2.45) is 0 Å². The second kappa shape index (κ2) is 3.52. The normalized spacial score (nSPS) is 11.3. The van der Waals surface area contributed by atoms with Crippen LogP contribution in [0.15, 0.2) is 9.32 Å². The molecule has 1 aromatic heterocycles. The van der Waals surface area contributed by atoms with Gasteiger partial charge < -0.3 is 10.4 Å². The highest BCUT2D eigenvalue weighted by Gasteiger charge is 2.25. The molecule has 0 bridgehead atoms. The number of nitrogens with zero attached hydrogens (tertiary/aromatic N) is 1. The molecule has 3 N–H and O–H groups in total. The number of nitrogens with one attached hydrogen (secondary N) is 2. The van der Waals surface area contributed by atoms with Crippen molar-refractivity contribution in [1.29, 1.82) is 0 Å². The predicted molar refractivity (Wildman–Crippen MR) is 46.2 cm³/mol. The van der Waals surface area contributed by atoms with Gasteiger partial charge in [-0.05, 0) is 0 Å². The maximum atomic E-state index is 10.7. The van der Waals surface area contributed by atoms with Crippen LogP contribution >= 0.6 is 0 Å². The molecule has 0 aromatic carbocycles. The summed E-state index contributed by atoms with van der Waals surface area (Å²) in [4.78, 5) is 23.3. The van der Waals surface area contributed by atoms with Crippen molar-refractivity contribution in [2.75, 3.05) is 6.54 Å². The van der Waals surface area contributed by atoms with Crippen LogP contribution in [0.3, 0.4) is 0 Å². The van der Waals surface area contributed by atoms with Crippen LogP contribution in [0.5, 0.6) is 0 Å². The molecule has 0 radical (unpaired) electrons. The minimum absolute atomic E-state index is 0.144. The summed E-state index contributed by atoms with van der Waals surface area (Å²) in [6, 6.07) is 0. The number of aromatic amines is 1. The minimum Gasteiger partial charge on any atom is -0.465 e. The first-order valence-electron chi connectivity index (χ1n) is 3.95. The first-order chi connectivity index (χ1) is 6.42. The molecular formula is C7H11N3O4. The predicted octanol–water partition coefficient (Wildman–Crippen LogP) is -0.0919. The molecule has 0 saturated carbocycles. The van der Waals surface area contributed by atoms with Gasteiger partial charge in [0, 0.05) is 12.0 Å². The fourth-order valence-corrected chi connectivity index (χ4v) is 0.902. The Kier molecular flexibility index (Phi) is 2.59. The average Bonchev–Trinajstić information content (AvgIpc) is 2.49. The van der Waals surface area contributed by atoms with E-state index in [1.165, 1.54) is 0 Å². The third-order valence-electron chi connectivity index (χ3n) is 1.76. The Morgan fingerprint density at radius 2 is 2.36 bits per heavy atom. The Morgan fingerprint density at radius 3 is 2.79 bits per heavy atom. The lowest BCUT2D eigenvalue weighted by molar-refractivity contribution is 0.191. The highest BCUT2D eigenvalue weighted by molar-refractivity contribution is 5.64. The van der Waals surface area contributed by atoms with Gasteiger partial charge >= 0.3 is 11.8 Å². The van der Waals surface area contributed by atoms with E-state index in [0.29, 0.717) is 5.82 Å². The molecule has 0 spiro atoms. The van der Waals surface area contributed by atoms with Crippen molar-refractivity contribution in [1.82, 2.24) is 15.5 Å². The highest BCUT2D eigenvalue weighted by atomic mass is 16.5. The summed E-state index contributed by atoms with van der Waals surface area (Å²) in [5.74, 6) is -0.334. The van der Waals surface area contributed by atoms with Gasteiger partial charge in [-0.25, -0.2) is 9.59 Å². The SMILES string of the molecule is CC(C)(CNC(=O)O)c1noc(=O)[nH]1. The van der Waals surface area contributed by atoms with E-state index in [9.17, 15) is 9.59 Å². The van der Waals surface area contributed by atoms with Gasteiger partial charge in [0.25, 0.3) is 0 Å². The van der Waals surface area contributed by atoms with Gasteiger partial charge in [0.05, 0.1) is 0 Å². The van der Waals surface area contributed by atoms with Crippen LogP contribution in [0.25, 0.3) is 0 Å². The molecule has 1 rings (SSSR count). The quantitative estimate of drug-likeness (QED) is 0.633. The van der Waals surface area contributed by atoms with Crippen molar-refractivity contribution in [2.45, 2.75) is 19.3 Å². The molecule has 78 valence electrons. The molecule has 7 nitrogen and oxygen atoms in total. The zero-order valence-electron chi connectivity index (χ0n) is 7.83. The summed E-state index contributed by atoms with van der Waals surface area (Å²) in [7, 11) is 0. The number of carbonyl (C=O) groups is 1. The maximum absolute atomic E-state index is 10.7. The van der Waals surface area contributed by atoms with Crippen molar-refractivity contribution < 1.29 is 14.4 Å². The Bertz CT molecular complexity index is 378. The van der Waals surface area contributed by atoms with Crippen LogP contribution in [0.4, 0.5) is 4.79 Å². The van der Waals surface area contributed by atoms with E-state index in [2.05, 4.69) is 20.0 Å². The third kappa shape index (κ3) is 2.35. The number of hydrogen-bond donors (Lipinski definition) is 3. The van der Waals surface area contributed by atoms with Crippen LogP contribution in [-0.4, -0.2) is 27.9 Å². The molecule has 14 heavy (non-hydrogen) atoms.